The zero-order valence-electron chi connectivity index (χ0n) is 25.3. The maximum absolute atomic E-state index is 14.4. The Labute approximate surface area is 298 Å². The van der Waals surface area contributed by atoms with E-state index >= 15 is 0 Å². The first-order valence-electron chi connectivity index (χ1n) is 14.8. The molecule has 5 rings (SSSR count). The Morgan fingerprint density at radius 2 is 1.67 bits per heavy atom. The fraction of sp³-hybridized carbons (Fsp3) is 0.235. The zero-order valence-corrected chi connectivity index (χ0v) is 29.2. The molecule has 4 aromatic carbocycles. The molecule has 1 aliphatic heterocycles. The number of hydrogen-bond acceptors (Lipinski definition) is 8. The van der Waals surface area contributed by atoms with Crippen LogP contribution in [-0.4, -0.2) is 49.8 Å². The van der Waals surface area contributed by atoms with Gasteiger partial charge < -0.3 is 14.6 Å². The summed E-state index contributed by atoms with van der Waals surface area (Å²) in [6, 6.07) is 24.6. The second-order valence-electron chi connectivity index (χ2n) is 10.9. The molecule has 0 aromatic heterocycles. The summed E-state index contributed by atoms with van der Waals surface area (Å²) in [6.45, 7) is 0.505. The van der Waals surface area contributed by atoms with E-state index in [2.05, 4.69) is 10.9 Å². The fourth-order valence-electron chi connectivity index (χ4n) is 5.08. The van der Waals surface area contributed by atoms with Crippen molar-refractivity contribution in [2.24, 2.45) is 4.99 Å². The molecule has 0 spiro atoms. The SMILES string of the molecule is O=C(NNCc1ccc(Cl)c(Cl)c1)[C@@]1(CCS(=O)(=O)c2ccccc2)N=C(c2ccc(OCCCO)cc2)O[C@H]1c1ccc(Cl)cc1Cl. The van der Waals surface area contributed by atoms with Crippen LogP contribution in [0.4, 0.5) is 0 Å². The van der Waals surface area contributed by atoms with Crippen LogP contribution in [0.2, 0.25) is 20.1 Å². The number of rotatable bonds is 14. The van der Waals surface area contributed by atoms with Crippen molar-refractivity contribution >= 4 is 68.0 Å². The van der Waals surface area contributed by atoms with Gasteiger partial charge >= 0.3 is 0 Å². The third-order valence-electron chi connectivity index (χ3n) is 7.61. The predicted molar refractivity (Wildman–Crippen MR) is 188 cm³/mol. The lowest BCUT2D eigenvalue weighted by Gasteiger charge is -2.31. The normalized spacial score (nSPS) is 17.4. The minimum Gasteiger partial charge on any atom is -0.494 e. The monoisotopic (exact) mass is 749 g/mol. The molecule has 0 unspecified atom stereocenters. The molecule has 9 nitrogen and oxygen atoms in total. The Morgan fingerprint density at radius 1 is 0.917 bits per heavy atom. The van der Waals surface area contributed by atoms with Crippen LogP contribution in [0.15, 0.2) is 101 Å². The van der Waals surface area contributed by atoms with Crippen LogP contribution in [0, 0.1) is 0 Å². The number of hydrazine groups is 1. The molecule has 252 valence electrons. The topological polar surface area (TPSA) is 126 Å². The van der Waals surface area contributed by atoms with Gasteiger partial charge in [-0.05, 0) is 66.2 Å². The van der Waals surface area contributed by atoms with E-state index in [1.165, 1.54) is 18.2 Å². The average Bonchev–Trinajstić information content (AvgIpc) is 3.47. The second-order valence-corrected chi connectivity index (χ2v) is 14.7. The van der Waals surface area contributed by atoms with Crippen molar-refractivity contribution in [1.29, 1.82) is 0 Å². The number of nitrogens with one attached hydrogen (secondary N) is 2. The van der Waals surface area contributed by atoms with E-state index < -0.39 is 33.1 Å². The van der Waals surface area contributed by atoms with Crippen molar-refractivity contribution in [3.8, 4) is 5.75 Å². The molecule has 3 N–H and O–H groups in total. The third kappa shape index (κ3) is 8.44. The van der Waals surface area contributed by atoms with Gasteiger partial charge in [-0.3, -0.25) is 10.2 Å². The van der Waals surface area contributed by atoms with Gasteiger partial charge in [-0.1, -0.05) is 76.7 Å². The number of amides is 1. The van der Waals surface area contributed by atoms with Gasteiger partial charge in [0.1, 0.15) is 5.75 Å². The first kappa shape index (κ1) is 35.9. The van der Waals surface area contributed by atoms with Gasteiger partial charge in [0, 0.05) is 47.2 Å². The number of carbonyl (C=O) groups is 1. The lowest BCUT2D eigenvalue weighted by Crippen LogP contribution is -2.53. The molecule has 0 saturated heterocycles. The van der Waals surface area contributed by atoms with E-state index in [9.17, 15) is 13.2 Å². The summed E-state index contributed by atoms with van der Waals surface area (Å²) in [7, 11) is -3.85. The maximum atomic E-state index is 14.4. The molecule has 2 atom stereocenters. The van der Waals surface area contributed by atoms with Crippen LogP contribution >= 0.6 is 46.4 Å². The Bertz CT molecular complexity index is 1900. The van der Waals surface area contributed by atoms with Crippen molar-refractivity contribution in [3.63, 3.8) is 0 Å². The van der Waals surface area contributed by atoms with Crippen LogP contribution < -0.4 is 15.6 Å². The highest BCUT2D eigenvalue weighted by Crippen LogP contribution is 2.45. The van der Waals surface area contributed by atoms with Gasteiger partial charge in [-0.25, -0.2) is 18.8 Å². The highest BCUT2D eigenvalue weighted by atomic mass is 35.5. The van der Waals surface area contributed by atoms with Crippen molar-refractivity contribution < 1.29 is 27.8 Å². The van der Waals surface area contributed by atoms with Crippen LogP contribution in [0.1, 0.15) is 35.6 Å². The standard InChI is InChI=1S/C34H31Cl4N3O6S/c35-24-10-13-27(29(37)20-24)31-34(15-18-48(44,45)26-5-2-1-3-6-26,33(43)41-39-21-22-7-14-28(36)30(38)19-22)40-32(47-31)23-8-11-25(12-9-23)46-17-4-16-42/h1-3,5-14,19-20,31,39,42H,4,15-18,21H2,(H,41,43)/t31-,34-/m0/s1. The smallest absolute Gasteiger partial charge is 0.266 e. The van der Waals surface area contributed by atoms with Crippen LogP contribution in [0.5, 0.6) is 5.75 Å². The minimum atomic E-state index is -3.85. The number of benzene rings is 4. The largest absolute Gasteiger partial charge is 0.494 e. The van der Waals surface area contributed by atoms with E-state index in [-0.39, 0.29) is 35.4 Å². The lowest BCUT2D eigenvalue weighted by atomic mass is 9.85. The number of ether oxygens (including phenoxy) is 2. The van der Waals surface area contributed by atoms with Crippen molar-refractivity contribution in [2.45, 2.75) is 35.9 Å². The Hall–Kier alpha value is -3.35. The van der Waals surface area contributed by atoms with Crippen LogP contribution in [-0.2, 0) is 25.9 Å². The van der Waals surface area contributed by atoms with Crippen molar-refractivity contribution in [1.82, 2.24) is 10.9 Å². The molecule has 1 heterocycles. The Balaban J connectivity index is 1.53. The summed E-state index contributed by atoms with van der Waals surface area (Å²) in [5, 5.41) is 10.4. The maximum Gasteiger partial charge on any atom is 0.266 e. The lowest BCUT2D eigenvalue weighted by molar-refractivity contribution is -0.130. The highest BCUT2D eigenvalue weighted by molar-refractivity contribution is 7.91. The van der Waals surface area contributed by atoms with Gasteiger partial charge in [-0.15, -0.1) is 0 Å². The predicted octanol–water partition coefficient (Wildman–Crippen LogP) is 7.00. The molecule has 1 amide bonds. The second kappa shape index (κ2) is 15.9. The molecule has 0 bridgehead atoms. The molecule has 0 saturated carbocycles. The highest BCUT2D eigenvalue weighted by Gasteiger charge is 2.54. The van der Waals surface area contributed by atoms with Crippen LogP contribution in [0.3, 0.4) is 0 Å². The molecular formula is C34H31Cl4N3O6S. The number of sulfone groups is 1. The number of aliphatic imine (C=N–C) groups is 1. The van der Waals surface area contributed by atoms with Gasteiger partial charge in [0.2, 0.25) is 5.90 Å². The molecule has 48 heavy (non-hydrogen) atoms. The van der Waals surface area contributed by atoms with E-state index in [1.54, 1.807) is 72.8 Å². The van der Waals surface area contributed by atoms with Crippen molar-refractivity contribution in [3.05, 3.63) is 128 Å². The fourth-order valence-corrected chi connectivity index (χ4v) is 7.30. The van der Waals surface area contributed by atoms with E-state index in [4.69, 9.17) is 66.0 Å². The number of carbonyl (C=O) groups excluding carboxylic acids is 1. The number of hydrogen-bond donors (Lipinski definition) is 3. The minimum absolute atomic E-state index is 0.00379. The molecule has 0 radical (unpaired) electrons. The van der Waals surface area contributed by atoms with Gasteiger partial charge in [0.05, 0.1) is 27.3 Å². The zero-order chi connectivity index (χ0) is 34.3. The number of nitrogens with zero attached hydrogens (tertiary/aromatic N) is 1. The van der Waals surface area contributed by atoms with Crippen LogP contribution in [0.25, 0.3) is 0 Å². The first-order valence-corrected chi connectivity index (χ1v) is 18.0. The summed E-state index contributed by atoms with van der Waals surface area (Å²) in [5.74, 6) is -0.422. The summed E-state index contributed by atoms with van der Waals surface area (Å²) < 4.78 is 39.1. The Kier molecular flexibility index (Phi) is 11.9. The summed E-state index contributed by atoms with van der Waals surface area (Å²) in [5.41, 5.74) is 5.43. The number of aliphatic hydroxyl groups is 1. The Morgan fingerprint density at radius 3 is 2.35 bits per heavy atom. The summed E-state index contributed by atoms with van der Waals surface area (Å²) >= 11 is 25.1. The molecule has 1 aliphatic rings. The van der Waals surface area contributed by atoms with Gasteiger partial charge in [-0.2, -0.15) is 0 Å². The summed E-state index contributed by atoms with van der Waals surface area (Å²) in [4.78, 5) is 19.3. The first-order chi connectivity index (χ1) is 23.0. The van der Waals surface area contributed by atoms with E-state index in [0.29, 0.717) is 45.0 Å². The molecule has 0 fully saturated rings. The average molecular weight is 752 g/mol. The number of halogens is 4. The molecule has 14 heteroatoms. The molecule has 4 aromatic rings. The quantitative estimate of drug-likeness (QED) is 0.0936. The van der Waals surface area contributed by atoms with E-state index in [0.717, 1.165) is 5.56 Å². The van der Waals surface area contributed by atoms with Gasteiger partial charge in [0.15, 0.2) is 21.5 Å². The van der Waals surface area contributed by atoms with Gasteiger partial charge in [0.25, 0.3) is 5.91 Å². The number of aliphatic hydroxyl groups excluding tert-OH is 1. The molecule has 0 aliphatic carbocycles. The molecular weight excluding hydrogens is 720 g/mol. The van der Waals surface area contributed by atoms with Crippen molar-refractivity contribution in [2.75, 3.05) is 19.0 Å². The van der Waals surface area contributed by atoms with E-state index in [1.807, 2.05) is 0 Å². The summed E-state index contributed by atoms with van der Waals surface area (Å²) in [6.07, 6.45) is -0.931. The third-order valence-corrected chi connectivity index (χ3v) is 10.6.